The lowest BCUT2D eigenvalue weighted by Crippen LogP contribution is -2.06. The van der Waals surface area contributed by atoms with Crippen LogP contribution in [0.5, 0.6) is 0 Å². The Bertz CT molecular complexity index is 1210. The number of hydrogen-bond donors (Lipinski definition) is 0. The Morgan fingerprint density at radius 2 is 1.82 bits per heavy atom. The first-order valence-corrected chi connectivity index (χ1v) is 9.13. The first-order valence-electron chi connectivity index (χ1n) is 7.99. The summed E-state index contributed by atoms with van der Waals surface area (Å²) in [7, 11) is 0. The Morgan fingerprint density at radius 3 is 2.54 bits per heavy atom. The molecule has 0 N–H and O–H groups in total. The number of nitro groups is 1. The molecule has 140 valence electrons. The van der Waals surface area contributed by atoms with E-state index < -0.39 is 4.92 Å². The molecule has 0 fully saturated rings. The fourth-order valence-corrected chi connectivity index (χ4v) is 3.81. The number of aromatic nitrogens is 4. The second kappa shape index (κ2) is 7.35. The topological polar surface area (TPSA) is 86.7 Å². The molecule has 0 spiro atoms. The molecule has 4 aromatic rings. The molecule has 0 saturated heterocycles. The number of nitrogens with zero attached hydrogens (tertiary/aromatic N) is 5. The summed E-state index contributed by atoms with van der Waals surface area (Å²) in [6.07, 6.45) is 4.34. The summed E-state index contributed by atoms with van der Waals surface area (Å²) in [5, 5.41) is 12.4. The monoisotopic (exact) mass is 433 g/mol. The van der Waals surface area contributed by atoms with Gasteiger partial charge in [0.15, 0.2) is 5.15 Å². The second-order valence-electron chi connectivity index (χ2n) is 5.85. The van der Waals surface area contributed by atoms with Crippen LogP contribution in [0.3, 0.4) is 0 Å². The van der Waals surface area contributed by atoms with Gasteiger partial charge in [-0.05, 0) is 18.2 Å². The van der Waals surface area contributed by atoms with Gasteiger partial charge in [-0.1, -0.05) is 40.9 Å². The summed E-state index contributed by atoms with van der Waals surface area (Å²) in [4.78, 5) is 23.7. The second-order valence-corrected chi connectivity index (χ2v) is 7.02. The molecular formula is C18H10Cl3N5O2. The average molecular weight is 435 g/mol. The molecule has 1 aromatic carbocycles. The van der Waals surface area contributed by atoms with Crippen molar-refractivity contribution in [3.05, 3.63) is 79.8 Å². The van der Waals surface area contributed by atoms with Crippen molar-refractivity contribution in [3.8, 4) is 11.4 Å². The maximum absolute atomic E-state index is 11.4. The molecule has 10 heteroatoms. The first-order chi connectivity index (χ1) is 13.5. The molecule has 0 amide bonds. The molecule has 0 atom stereocenters. The van der Waals surface area contributed by atoms with E-state index in [4.69, 9.17) is 34.8 Å². The zero-order valence-electron chi connectivity index (χ0n) is 14.0. The Morgan fingerprint density at radius 1 is 1.07 bits per heavy atom. The third-order valence-electron chi connectivity index (χ3n) is 4.20. The summed E-state index contributed by atoms with van der Waals surface area (Å²) in [5.41, 5.74) is 1.92. The van der Waals surface area contributed by atoms with Gasteiger partial charge in [0, 0.05) is 24.7 Å². The van der Waals surface area contributed by atoms with E-state index in [0.717, 1.165) is 0 Å². The number of rotatable bonds is 4. The van der Waals surface area contributed by atoms with Gasteiger partial charge in [0.25, 0.3) is 5.69 Å². The van der Waals surface area contributed by atoms with Crippen LogP contribution in [0.1, 0.15) is 5.56 Å². The van der Waals surface area contributed by atoms with Gasteiger partial charge in [0.2, 0.25) is 0 Å². The van der Waals surface area contributed by atoms with Gasteiger partial charge in [-0.25, -0.2) is 9.97 Å². The fraction of sp³-hybridized carbons (Fsp3) is 0.0556. The smallest absolute Gasteiger partial charge is 0.277 e. The minimum Gasteiger partial charge on any atom is -0.317 e. The van der Waals surface area contributed by atoms with Crippen LogP contribution >= 0.6 is 34.8 Å². The molecule has 0 bridgehead atoms. The van der Waals surface area contributed by atoms with Gasteiger partial charge < -0.3 is 4.57 Å². The summed E-state index contributed by atoms with van der Waals surface area (Å²) >= 11 is 19.1. The van der Waals surface area contributed by atoms with Gasteiger partial charge in [-0.15, -0.1) is 0 Å². The van der Waals surface area contributed by atoms with Crippen LogP contribution in [-0.4, -0.2) is 24.4 Å². The number of fused-ring (bicyclic) bond motifs is 1. The predicted octanol–water partition coefficient (Wildman–Crippen LogP) is 5.41. The van der Waals surface area contributed by atoms with Crippen LogP contribution < -0.4 is 0 Å². The summed E-state index contributed by atoms with van der Waals surface area (Å²) in [6, 6.07) is 8.15. The van der Waals surface area contributed by atoms with E-state index in [2.05, 4.69) is 15.0 Å². The highest BCUT2D eigenvalue weighted by Crippen LogP contribution is 2.37. The molecule has 0 saturated carbocycles. The van der Waals surface area contributed by atoms with Crippen molar-refractivity contribution >= 4 is 51.5 Å². The Hall–Kier alpha value is -2.74. The van der Waals surface area contributed by atoms with Crippen LogP contribution in [-0.2, 0) is 6.54 Å². The van der Waals surface area contributed by atoms with E-state index in [1.165, 1.54) is 24.7 Å². The zero-order valence-corrected chi connectivity index (χ0v) is 16.3. The van der Waals surface area contributed by atoms with Crippen LogP contribution in [0, 0.1) is 10.1 Å². The average Bonchev–Trinajstić information content (AvgIpc) is 3.01. The first kappa shape index (κ1) is 18.6. The van der Waals surface area contributed by atoms with Crippen molar-refractivity contribution in [2.24, 2.45) is 0 Å². The molecule has 28 heavy (non-hydrogen) atoms. The van der Waals surface area contributed by atoms with Gasteiger partial charge in [0.05, 0.1) is 38.2 Å². The maximum Gasteiger partial charge on any atom is 0.277 e. The summed E-state index contributed by atoms with van der Waals surface area (Å²) in [6.45, 7) is 0.0863. The van der Waals surface area contributed by atoms with E-state index in [1.807, 2.05) is 0 Å². The third kappa shape index (κ3) is 3.17. The van der Waals surface area contributed by atoms with Crippen LogP contribution in [0.4, 0.5) is 5.69 Å². The van der Waals surface area contributed by atoms with Crippen molar-refractivity contribution < 1.29 is 4.92 Å². The maximum atomic E-state index is 11.4. The summed E-state index contributed by atoms with van der Waals surface area (Å²) in [5.74, 6) is 0.429. The van der Waals surface area contributed by atoms with Gasteiger partial charge >= 0.3 is 0 Å². The lowest BCUT2D eigenvalue weighted by atomic mass is 10.2. The van der Waals surface area contributed by atoms with Gasteiger partial charge in [-0.2, -0.15) is 0 Å². The molecule has 4 rings (SSSR count). The molecule has 0 aliphatic heterocycles. The quantitative estimate of drug-likeness (QED) is 0.243. The van der Waals surface area contributed by atoms with Gasteiger partial charge in [-0.3, -0.25) is 15.1 Å². The van der Waals surface area contributed by atoms with Crippen LogP contribution in [0.25, 0.3) is 22.4 Å². The molecule has 0 radical (unpaired) electrons. The van der Waals surface area contributed by atoms with Crippen molar-refractivity contribution in [3.63, 3.8) is 0 Å². The van der Waals surface area contributed by atoms with Crippen molar-refractivity contribution in [1.82, 2.24) is 19.5 Å². The fourth-order valence-electron chi connectivity index (χ4n) is 2.99. The van der Waals surface area contributed by atoms with Crippen molar-refractivity contribution in [2.45, 2.75) is 6.54 Å². The van der Waals surface area contributed by atoms with E-state index in [9.17, 15) is 10.1 Å². The predicted molar refractivity (Wildman–Crippen MR) is 108 cm³/mol. The van der Waals surface area contributed by atoms with Crippen LogP contribution in [0.2, 0.25) is 15.2 Å². The highest BCUT2D eigenvalue weighted by Gasteiger charge is 2.22. The van der Waals surface area contributed by atoms with Gasteiger partial charge in [0.1, 0.15) is 11.3 Å². The number of benzene rings is 1. The minimum absolute atomic E-state index is 0.0620. The lowest BCUT2D eigenvalue weighted by Gasteiger charge is -2.12. The summed E-state index contributed by atoms with van der Waals surface area (Å²) < 4.78 is 1.71. The van der Waals surface area contributed by atoms with Crippen molar-refractivity contribution in [1.29, 1.82) is 0 Å². The standard InChI is InChI=1S/C18H10Cl3N5O2/c19-11-2-1-3-12(20)15(11)18-24-13-4-7-23-17(21)16(13)25(18)9-10-8-22-6-5-14(10)26(27)28/h1-8H,9H2. The number of pyridine rings is 2. The largest absolute Gasteiger partial charge is 0.317 e. The number of imidazole rings is 1. The number of halogens is 3. The van der Waals surface area contributed by atoms with E-state index >= 15 is 0 Å². The molecule has 0 unspecified atom stereocenters. The van der Waals surface area contributed by atoms with E-state index in [-0.39, 0.29) is 17.4 Å². The SMILES string of the molecule is O=[N+]([O-])c1ccncc1Cn1c(-c2c(Cl)cccc2Cl)nc2ccnc(Cl)c21. The Balaban J connectivity index is 2.01. The molecule has 3 heterocycles. The normalized spacial score (nSPS) is 11.1. The van der Waals surface area contributed by atoms with Crippen molar-refractivity contribution in [2.75, 3.05) is 0 Å². The van der Waals surface area contributed by atoms with E-state index in [0.29, 0.717) is 38.0 Å². The highest BCUT2D eigenvalue weighted by atomic mass is 35.5. The Kier molecular flexibility index (Phi) is 4.89. The zero-order chi connectivity index (χ0) is 19.8. The van der Waals surface area contributed by atoms with E-state index in [1.54, 1.807) is 28.8 Å². The third-order valence-corrected chi connectivity index (χ3v) is 5.11. The molecule has 3 aromatic heterocycles. The molecule has 7 nitrogen and oxygen atoms in total. The highest BCUT2D eigenvalue weighted by molar-refractivity contribution is 6.39. The number of hydrogen-bond acceptors (Lipinski definition) is 5. The molecular weight excluding hydrogens is 425 g/mol. The van der Waals surface area contributed by atoms with Crippen LogP contribution in [0.15, 0.2) is 48.9 Å². The Labute approximate surface area is 173 Å². The molecule has 0 aliphatic rings. The molecule has 0 aliphatic carbocycles. The lowest BCUT2D eigenvalue weighted by molar-refractivity contribution is -0.385. The minimum atomic E-state index is -0.460.